The van der Waals surface area contributed by atoms with Crippen LogP contribution in [0.2, 0.25) is 0 Å². The van der Waals surface area contributed by atoms with Crippen molar-refractivity contribution in [2.24, 2.45) is 0 Å². The third-order valence-electron chi connectivity index (χ3n) is 3.85. The Balaban J connectivity index is 2.03. The number of nitriles is 1. The molecule has 1 saturated carbocycles. The Morgan fingerprint density at radius 2 is 1.83 bits per heavy atom. The van der Waals surface area contributed by atoms with Crippen LogP contribution < -0.4 is 10.6 Å². The average molecular weight is 311 g/mol. The molecule has 1 fully saturated rings. The van der Waals surface area contributed by atoms with Crippen LogP contribution in [0.4, 0.5) is 5.69 Å². The van der Waals surface area contributed by atoms with E-state index in [1.165, 1.54) is 13.3 Å². The Morgan fingerprint density at radius 1 is 1.17 bits per heavy atom. The van der Waals surface area contributed by atoms with Crippen molar-refractivity contribution >= 4 is 23.6 Å². The highest BCUT2D eigenvalue weighted by atomic mass is 16.2. The van der Waals surface area contributed by atoms with E-state index in [4.69, 9.17) is 0 Å². The summed E-state index contributed by atoms with van der Waals surface area (Å²) in [7, 11) is 0. The van der Waals surface area contributed by atoms with Gasteiger partial charge in [0.05, 0.1) is 0 Å². The summed E-state index contributed by atoms with van der Waals surface area (Å²) in [6, 6.07) is 9.14. The largest absolute Gasteiger partial charge is 0.349 e. The van der Waals surface area contributed by atoms with E-state index in [1.54, 1.807) is 30.3 Å². The minimum Gasteiger partial charge on any atom is -0.349 e. The van der Waals surface area contributed by atoms with Gasteiger partial charge in [-0.1, -0.05) is 31.4 Å². The lowest BCUT2D eigenvalue weighted by atomic mass is 9.95. The number of carbonyl (C=O) groups is 2. The smallest absolute Gasteiger partial charge is 0.262 e. The highest BCUT2D eigenvalue weighted by Crippen LogP contribution is 2.18. The maximum Gasteiger partial charge on any atom is 0.262 e. The first kappa shape index (κ1) is 16.8. The van der Waals surface area contributed by atoms with Crippen LogP contribution in [0.25, 0.3) is 6.08 Å². The first-order chi connectivity index (χ1) is 11.1. The molecule has 1 aliphatic rings. The maximum atomic E-state index is 12.2. The van der Waals surface area contributed by atoms with Gasteiger partial charge in [-0.3, -0.25) is 9.59 Å². The van der Waals surface area contributed by atoms with Crippen LogP contribution in [0.5, 0.6) is 0 Å². The Hall–Kier alpha value is -2.61. The van der Waals surface area contributed by atoms with Gasteiger partial charge in [-0.25, -0.2) is 0 Å². The molecular weight excluding hydrogens is 290 g/mol. The number of hydrogen-bond donors (Lipinski definition) is 2. The van der Waals surface area contributed by atoms with Gasteiger partial charge in [0.25, 0.3) is 5.91 Å². The monoisotopic (exact) mass is 311 g/mol. The van der Waals surface area contributed by atoms with E-state index < -0.39 is 0 Å². The summed E-state index contributed by atoms with van der Waals surface area (Å²) in [5.41, 5.74) is 1.53. The van der Waals surface area contributed by atoms with E-state index in [0.717, 1.165) is 31.2 Å². The predicted octanol–water partition coefficient (Wildman–Crippen LogP) is 3.00. The van der Waals surface area contributed by atoms with Gasteiger partial charge in [0, 0.05) is 18.7 Å². The third kappa shape index (κ3) is 5.26. The second kappa shape index (κ2) is 8.14. The Bertz CT molecular complexity index is 635. The number of nitrogens with zero attached hydrogens (tertiary/aromatic N) is 1. The first-order valence-corrected chi connectivity index (χ1v) is 7.89. The molecule has 0 saturated heterocycles. The van der Waals surface area contributed by atoms with Gasteiger partial charge in [0.1, 0.15) is 11.6 Å². The number of anilines is 1. The summed E-state index contributed by atoms with van der Waals surface area (Å²) in [6.45, 7) is 1.44. The van der Waals surface area contributed by atoms with Crippen molar-refractivity contribution in [1.29, 1.82) is 5.26 Å². The molecule has 2 amide bonds. The lowest BCUT2D eigenvalue weighted by Crippen LogP contribution is -2.36. The summed E-state index contributed by atoms with van der Waals surface area (Å²) in [6.07, 6.45) is 7.00. The van der Waals surface area contributed by atoms with Crippen molar-refractivity contribution in [3.8, 4) is 6.07 Å². The van der Waals surface area contributed by atoms with Crippen LogP contribution in [0.1, 0.15) is 44.6 Å². The molecule has 0 bridgehead atoms. The van der Waals surface area contributed by atoms with Crippen molar-refractivity contribution in [1.82, 2.24) is 5.32 Å². The SMILES string of the molecule is CC(=O)Nc1ccc(/C=C(\C#N)C(=O)NC2CCCCC2)cc1. The highest BCUT2D eigenvalue weighted by Gasteiger charge is 2.17. The van der Waals surface area contributed by atoms with Gasteiger partial charge in [0.2, 0.25) is 5.91 Å². The van der Waals surface area contributed by atoms with Gasteiger partial charge < -0.3 is 10.6 Å². The van der Waals surface area contributed by atoms with Crippen molar-refractivity contribution in [3.63, 3.8) is 0 Å². The van der Waals surface area contributed by atoms with Gasteiger partial charge in [-0.15, -0.1) is 0 Å². The predicted molar refractivity (Wildman–Crippen MR) is 89.4 cm³/mol. The van der Waals surface area contributed by atoms with E-state index >= 15 is 0 Å². The van der Waals surface area contributed by atoms with E-state index in [9.17, 15) is 14.9 Å². The lowest BCUT2D eigenvalue weighted by molar-refractivity contribution is -0.118. The van der Waals surface area contributed by atoms with E-state index in [-0.39, 0.29) is 23.4 Å². The van der Waals surface area contributed by atoms with E-state index in [2.05, 4.69) is 10.6 Å². The molecule has 120 valence electrons. The maximum absolute atomic E-state index is 12.2. The zero-order valence-corrected chi connectivity index (χ0v) is 13.3. The third-order valence-corrected chi connectivity index (χ3v) is 3.85. The number of benzene rings is 1. The van der Waals surface area contributed by atoms with Crippen molar-refractivity contribution < 1.29 is 9.59 Å². The van der Waals surface area contributed by atoms with Gasteiger partial charge >= 0.3 is 0 Å². The second-order valence-electron chi connectivity index (χ2n) is 5.78. The summed E-state index contributed by atoms with van der Waals surface area (Å²) in [4.78, 5) is 23.2. The van der Waals surface area contributed by atoms with Crippen LogP contribution in [0.3, 0.4) is 0 Å². The normalized spacial score (nSPS) is 15.6. The molecule has 0 heterocycles. The quantitative estimate of drug-likeness (QED) is 0.662. The Kier molecular flexibility index (Phi) is 5.93. The fourth-order valence-corrected chi connectivity index (χ4v) is 2.69. The molecule has 1 aromatic carbocycles. The molecule has 1 aromatic rings. The van der Waals surface area contributed by atoms with Gasteiger partial charge in [0.15, 0.2) is 0 Å². The molecule has 0 atom stereocenters. The van der Waals surface area contributed by atoms with Crippen molar-refractivity contribution in [2.45, 2.75) is 45.1 Å². The average Bonchev–Trinajstić information content (AvgIpc) is 2.54. The summed E-state index contributed by atoms with van der Waals surface area (Å²) in [5.74, 6) is -0.455. The topological polar surface area (TPSA) is 82.0 Å². The first-order valence-electron chi connectivity index (χ1n) is 7.89. The summed E-state index contributed by atoms with van der Waals surface area (Å²) in [5, 5.41) is 14.8. The molecule has 0 radical (unpaired) electrons. The molecule has 23 heavy (non-hydrogen) atoms. The van der Waals surface area contributed by atoms with Crippen LogP contribution in [0, 0.1) is 11.3 Å². The molecule has 5 heteroatoms. The minimum atomic E-state index is -0.315. The fraction of sp³-hybridized carbons (Fsp3) is 0.389. The van der Waals surface area contributed by atoms with Crippen LogP contribution in [-0.2, 0) is 9.59 Å². The zero-order chi connectivity index (χ0) is 16.7. The standard InChI is InChI=1S/C18H21N3O2/c1-13(22)20-17-9-7-14(8-10-17)11-15(12-19)18(23)21-16-5-3-2-4-6-16/h7-11,16H,2-6H2,1H3,(H,20,22)(H,21,23)/b15-11+. The summed E-state index contributed by atoms with van der Waals surface area (Å²) < 4.78 is 0. The molecule has 1 aliphatic carbocycles. The molecule has 0 spiro atoms. The van der Waals surface area contributed by atoms with Crippen molar-refractivity contribution in [3.05, 3.63) is 35.4 Å². The van der Waals surface area contributed by atoms with E-state index in [1.807, 2.05) is 6.07 Å². The van der Waals surface area contributed by atoms with Crippen molar-refractivity contribution in [2.75, 3.05) is 5.32 Å². The fourth-order valence-electron chi connectivity index (χ4n) is 2.69. The van der Waals surface area contributed by atoms with E-state index in [0.29, 0.717) is 5.69 Å². The Labute approximate surface area is 136 Å². The zero-order valence-electron chi connectivity index (χ0n) is 13.3. The molecule has 0 unspecified atom stereocenters. The van der Waals surface area contributed by atoms with Gasteiger partial charge in [-0.2, -0.15) is 5.26 Å². The number of hydrogen-bond acceptors (Lipinski definition) is 3. The lowest BCUT2D eigenvalue weighted by Gasteiger charge is -2.22. The molecular formula is C18H21N3O2. The van der Waals surface area contributed by atoms with Gasteiger partial charge in [-0.05, 0) is 36.6 Å². The molecule has 2 rings (SSSR count). The van der Waals surface area contributed by atoms with Crippen LogP contribution >= 0.6 is 0 Å². The number of carbonyl (C=O) groups excluding carboxylic acids is 2. The second-order valence-corrected chi connectivity index (χ2v) is 5.78. The number of rotatable bonds is 4. The summed E-state index contributed by atoms with van der Waals surface area (Å²) >= 11 is 0. The molecule has 0 aliphatic heterocycles. The minimum absolute atomic E-state index is 0.0999. The highest BCUT2D eigenvalue weighted by molar-refractivity contribution is 6.01. The number of amides is 2. The van der Waals surface area contributed by atoms with Crippen LogP contribution in [-0.4, -0.2) is 17.9 Å². The number of nitrogens with one attached hydrogen (secondary N) is 2. The molecule has 2 N–H and O–H groups in total. The molecule has 5 nitrogen and oxygen atoms in total. The molecule has 0 aromatic heterocycles. The Morgan fingerprint density at radius 3 is 2.39 bits per heavy atom. The van der Waals surface area contributed by atoms with Crippen LogP contribution in [0.15, 0.2) is 29.8 Å².